The molecule has 146 valence electrons. The van der Waals surface area contributed by atoms with Gasteiger partial charge in [-0.15, -0.1) is 0 Å². The number of nitrogens with one attached hydrogen (secondary N) is 1. The zero-order valence-corrected chi connectivity index (χ0v) is 16.8. The highest BCUT2D eigenvalue weighted by Gasteiger charge is 2.32. The number of fused-ring (bicyclic) bond motifs is 1. The molecule has 6 heteroatoms. The zero-order chi connectivity index (χ0) is 20.5. The number of hydrogen-bond acceptors (Lipinski definition) is 4. The molecule has 0 aliphatic carbocycles. The molecular formula is C23H23N5O. The van der Waals surface area contributed by atoms with Crippen LogP contribution in [0, 0.1) is 11.3 Å². The number of benzene rings is 2. The molecule has 0 fully saturated rings. The molecule has 2 aromatic carbocycles. The van der Waals surface area contributed by atoms with Gasteiger partial charge in [-0.05, 0) is 61.4 Å². The first-order valence-electron chi connectivity index (χ1n) is 9.66. The molecule has 6 nitrogen and oxygen atoms in total. The van der Waals surface area contributed by atoms with Gasteiger partial charge in [0.15, 0.2) is 0 Å². The maximum atomic E-state index is 12.3. The molecule has 4 rings (SSSR count). The van der Waals surface area contributed by atoms with Crippen LogP contribution in [0.15, 0.2) is 54.7 Å². The molecule has 3 aromatic rings. The Morgan fingerprint density at radius 1 is 1.21 bits per heavy atom. The molecule has 0 radical (unpaired) electrons. The van der Waals surface area contributed by atoms with Crippen LogP contribution in [-0.2, 0) is 11.8 Å². The number of nitrogens with zero attached hydrogens (tertiary/aromatic N) is 4. The first-order valence-corrected chi connectivity index (χ1v) is 9.66. The minimum Gasteiger partial charge on any atom is -0.378 e. The van der Waals surface area contributed by atoms with Crippen LogP contribution in [0.2, 0.25) is 0 Å². The van der Waals surface area contributed by atoms with Crippen molar-refractivity contribution in [2.75, 3.05) is 10.2 Å². The molecule has 0 unspecified atom stereocenters. The molecule has 2 atom stereocenters. The number of anilines is 2. The number of carbonyl (C=O) groups excluding carboxylic acids is 1. The molecule has 2 heterocycles. The summed E-state index contributed by atoms with van der Waals surface area (Å²) in [4.78, 5) is 14.2. The minimum absolute atomic E-state index is 0.0427. The van der Waals surface area contributed by atoms with E-state index in [-0.39, 0.29) is 18.0 Å². The molecule has 1 aromatic heterocycles. The van der Waals surface area contributed by atoms with Crippen LogP contribution in [0.1, 0.15) is 37.4 Å². The predicted molar refractivity (Wildman–Crippen MR) is 113 cm³/mol. The highest BCUT2D eigenvalue weighted by molar-refractivity contribution is 5.94. The van der Waals surface area contributed by atoms with Gasteiger partial charge in [-0.2, -0.15) is 10.4 Å². The van der Waals surface area contributed by atoms with Gasteiger partial charge in [0.25, 0.3) is 0 Å². The fourth-order valence-corrected chi connectivity index (χ4v) is 4.05. The summed E-state index contributed by atoms with van der Waals surface area (Å²) in [6, 6.07) is 17.9. The smallest absolute Gasteiger partial charge is 0.224 e. The molecule has 0 saturated heterocycles. The predicted octanol–water partition coefficient (Wildman–Crippen LogP) is 4.26. The third-order valence-corrected chi connectivity index (χ3v) is 5.38. The maximum absolute atomic E-state index is 12.3. The van der Waals surface area contributed by atoms with Gasteiger partial charge in [0.1, 0.15) is 0 Å². The van der Waals surface area contributed by atoms with Gasteiger partial charge in [0, 0.05) is 43.1 Å². The highest BCUT2D eigenvalue weighted by Crippen LogP contribution is 2.41. The normalized spacial score (nSPS) is 18.1. The Hall–Kier alpha value is -3.59. The lowest BCUT2D eigenvalue weighted by Crippen LogP contribution is -2.43. The average Bonchev–Trinajstić information content (AvgIpc) is 3.14. The van der Waals surface area contributed by atoms with Crippen LogP contribution in [0.4, 0.5) is 11.4 Å². The van der Waals surface area contributed by atoms with E-state index < -0.39 is 0 Å². The van der Waals surface area contributed by atoms with Gasteiger partial charge in [-0.25, -0.2) is 0 Å². The third kappa shape index (κ3) is 3.59. The Morgan fingerprint density at radius 2 is 1.97 bits per heavy atom. The van der Waals surface area contributed by atoms with E-state index in [1.807, 2.05) is 60.6 Å². The Kier molecular flexibility index (Phi) is 4.81. The molecule has 1 aliphatic rings. The Balaban J connectivity index is 1.75. The lowest BCUT2D eigenvalue weighted by molar-refractivity contribution is -0.117. The molecular weight excluding hydrogens is 362 g/mol. The Morgan fingerprint density at radius 3 is 2.59 bits per heavy atom. The van der Waals surface area contributed by atoms with Crippen LogP contribution in [-0.4, -0.2) is 21.7 Å². The molecule has 0 saturated carbocycles. The Labute approximate surface area is 170 Å². The monoisotopic (exact) mass is 385 g/mol. The van der Waals surface area contributed by atoms with Crippen molar-refractivity contribution in [3.63, 3.8) is 0 Å². The van der Waals surface area contributed by atoms with Crippen molar-refractivity contribution in [3.05, 3.63) is 65.9 Å². The van der Waals surface area contributed by atoms with Gasteiger partial charge in [-0.1, -0.05) is 6.07 Å². The summed E-state index contributed by atoms with van der Waals surface area (Å²) >= 11 is 0. The maximum Gasteiger partial charge on any atom is 0.224 e. The molecule has 1 N–H and O–H groups in total. The van der Waals surface area contributed by atoms with Gasteiger partial charge >= 0.3 is 0 Å². The number of hydrogen-bond donors (Lipinski definition) is 1. The molecule has 29 heavy (non-hydrogen) atoms. The summed E-state index contributed by atoms with van der Waals surface area (Å²) in [5.41, 5.74) is 5.52. The quantitative estimate of drug-likeness (QED) is 0.731. The topological polar surface area (TPSA) is 74.0 Å². The van der Waals surface area contributed by atoms with Gasteiger partial charge in [-0.3, -0.25) is 9.48 Å². The minimum atomic E-state index is 0.0427. The van der Waals surface area contributed by atoms with E-state index in [1.54, 1.807) is 11.6 Å². The number of aromatic nitrogens is 2. The first-order chi connectivity index (χ1) is 14.0. The van der Waals surface area contributed by atoms with Gasteiger partial charge in [0.05, 0.1) is 23.4 Å². The number of amides is 1. The lowest BCUT2D eigenvalue weighted by Gasteiger charge is -2.39. The second-order valence-corrected chi connectivity index (χ2v) is 7.51. The van der Waals surface area contributed by atoms with Crippen molar-refractivity contribution >= 4 is 17.3 Å². The number of nitriles is 1. The molecule has 0 bridgehead atoms. The SMILES string of the molecule is CC(=O)N1c2ccc(-c3ccn(C)n3)cc2[C@H](Nc2ccc(C#N)cc2)C[C@@H]1C. The van der Waals surface area contributed by atoms with Gasteiger partial charge in [0.2, 0.25) is 5.91 Å². The van der Waals surface area contributed by atoms with Crippen LogP contribution in [0.3, 0.4) is 0 Å². The second-order valence-electron chi connectivity index (χ2n) is 7.51. The third-order valence-electron chi connectivity index (χ3n) is 5.38. The van der Waals surface area contributed by atoms with Crippen LogP contribution in [0.25, 0.3) is 11.3 Å². The number of rotatable bonds is 3. The first kappa shape index (κ1) is 18.8. The van der Waals surface area contributed by atoms with E-state index in [0.29, 0.717) is 5.56 Å². The van der Waals surface area contributed by atoms with Crippen molar-refractivity contribution in [3.8, 4) is 17.3 Å². The van der Waals surface area contributed by atoms with E-state index >= 15 is 0 Å². The van der Waals surface area contributed by atoms with E-state index in [0.717, 1.165) is 34.6 Å². The summed E-state index contributed by atoms with van der Waals surface area (Å²) in [6.07, 6.45) is 2.71. The zero-order valence-electron chi connectivity index (χ0n) is 16.8. The van der Waals surface area contributed by atoms with Crippen molar-refractivity contribution in [1.29, 1.82) is 5.26 Å². The largest absolute Gasteiger partial charge is 0.378 e. The van der Waals surface area contributed by atoms with E-state index in [9.17, 15) is 4.79 Å². The summed E-state index contributed by atoms with van der Waals surface area (Å²) in [5.74, 6) is 0.0427. The van der Waals surface area contributed by atoms with Crippen molar-refractivity contribution in [2.45, 2.75) is 32.4 Å². The summed E-state index contributed by atoms with van der Waals surface area (Å²) in [5, 5.41) is 17.1. The fourth-order valence-electron chi connectivity index (χ4n) is 4.05. The standard InChI is InChI=1S/C23H23N5O/c1-15-12-22(25-19-7-4-17(14-24)5-8-19)20-13-18(21-10-11-27(3)26-21)6-9-23(20)28(15)16(2)29/h4-11,13,15,22,25H,12H2,1-3H3/t15-,22+/m0/s1. The van der Waals surface area contributed by atoms with E-state index in [1.165, 1.54) is 0 Å². The number of aryl methyl sites for hydroxylation is 1. The summed E-state index contributed by atoms with van der Waals surface area (Å²) < 4.78 is 1.78. The highest BCUT2D eigenvalue weighted by atomic mass is 16.2. The van der Waals surface area contributed by atoms with Crippen LogP contribution >= 0.6 is 0 Å². The van der Waals surface area contributed by atoms with Crippen LogP contribution < -0.4 is 10.2 Å². The van der Waals surface area contributed by atoms with Gasteiger partial charge < -0.3 is 10.2 Å². The van der Waals surface area contributed by atoms with Crippen LogP contribution in [0.5, 0.6) is 0 Å². The summed E-state index contributed by atoms with van der Waals surface area (Å²) in [6.45, 7) is 3.69. The fraction of sp³-hybridized carbons (Fsp3) is 0.261. The molecule has 1 aliphatic heterocycles. The number of carbonyl (C=O) groups is 1. The second kappa shape index (κ2) is 7.44. The van der Waals surface area contributed by atoms with E-state index in [4.69, 9.17) is 5.26 Å². The van der Waals surface area contributed by atoms with Crippen molar-refractivity contribution in [2.24, 2.45) is 7.05 Å². The molecule has 1 amide bonds. The van der Waals surface area contributed by atoms with Crippen molar-refractivity contribution < 1.29 is 4.79 Å². The van der Waals surface area contributed by atoms with E-state index in [2.05, 4.69) is 29.5 Å². The lowest BCUT2D eigenvalue weighted by atomic mass is 9.89. The van der Waals surface area contributed by atoms with Crippen molar-refractivity contribution in [1.82, 2.24) is 9.78 Å². The molecule has 0 spiro atoms. The Bertz CT molecular complexity index is 1090. The average molecular weight is 385 g/mol. The summed E-state index contributed by atoms with van der Waals surface area (Å²) in [7, 11) is 1.90.